The van der Waals surface area contributed by atoms with Gasteiger partial charge in [-0.1, -0.05) is 12.1 Å². The van der Waals surface area contributed by atoms with E-state index in [0.717, 1.165) is 43.6 Å². The van der Waals surface area contributed by atoms with Crippen LogP contribution in [0.1, 0.15) is 66.2 Å². The molecule has 1 saturated heterocycles. The number of piperidine rings is 1. The molecule has 4 heterocycles. The first-order chi connectivity index (χ1) is 14.2. The van der Waals surface area contributed by atoms with Gasteiger partial charge in [-0.05, 0) is 75.9 Å². The summed E-state index contributed by atoms with van der Waals surface area (Å²) in [6, 6.07) is 13.2. The zero-order chi connectivity index (χ0) is 20.1. The van der Waals surface area contributed by atoms with Gasteiger partial charge < -0.3 is 0 Å². The highest BCUT2D eigenvalue weighted by atomic mass is 15.2. The van der Waals surface area contributed by atoms with Gasteiger partial charge >= 0.3 is 0 Å². The Morgan fingerprint density at radius 1 is 0.897 bits per heavy atom. The highest BCUT2D eigenvalue weighted by Crippen LogP contribution is 2.39. The van der Waals surface area contributed by atoms with E-state index in [-0.39, 0.29) is 0 Å². The van der Waals surface area contributed by atoms with Crippen molar-refractivity contribution in [2.24, 2.45) is 0 Å². The van der Waals surface area contributed by atoms with Crippen LogP contribution in [0.3, 0.4) is 0 Å². The summed E-state index contributed by atoms with van der Waals surface area (Å²) in [7, 11) is 2.23. The van der Waals surface area contributed by atoms with Crippen molar-refractivity contribution in [2.75, 3.05) is 7.05 Å². The molecule has 0 spiro atoms. The van der Waals surface area contributed by atoms with Crippen LogP contribution in [0.4, 0.5) is 0 Å². The summed E-state index contributed by atoms with van der Waals surface area (Å²) < 4.78 is 0. The van der Waals surface area contributed by atoms with Gasteiger partial charge in [-0.3, -0.25) is 14.9 Å². The fourth-order valence-corrected chi connectivity index (χ4v) is 4.37. The van der Waals surface area contributed by atoms with Crippen molar-refractivity contribution in [3.63, 3.8) is 0 Å². The predicted octanol–water partition coefficient (Wildman–Crippen LogP) is 4.65. The lowest BCUT2D eigenvalue weighted by atomic mass is 9.90. The summed E-state index contributed by atoms with van der Waals surface area (Å²) in [5, 5.41) is 0. The molecule has 3 aromatic heterocycles. The molecule has 0 saturated carbocycles. The maximum Gasteiger partial charge on any atom is 0.128 e. The maximum atomic E-state index is 5.03. The van der Waals surface area contributed by atoms with Gasteiger partial charge in [0, 0.05) is 30.7 Å². The quantitative estimate of drug-likeness (QED) is 0.616. The number of rotatable bonds is 6. The first-order valence-corrected chi connectivity index (χ1v) is 10.6. The fourth-order valence-electron chi connectivity index (χ4n) is 4.37. The maximum absolute atomic E-state index is 5.03. The molecule has 2 atom stereocenters. The monoisotopic (exact) mass is 387 g/mol. The van der Waals surface area contributed by atoms with Gasteiger partial charge in [-0.25, -0.2) is 9.97 Å². The van der Waals surface area contributed by atoms with Crippen molar-refractivity contribution >= 4 is 0 Å². The zero-order valence-corrected chi connectivity index (χ0v) is 17.3. The number of hydrogen-bond donors (Lipinski definition) is 0. The van der Waals surface area contributed by atoms with E-state index in [1.54, 1.807) is 12.4 Å². The van der Waals surface area contributed by atoms with E-state index in [2.05, 4.69) is 53.1 Å². The van der Waals surface area contributed by atoms with Crippen molar-refractivity contribution in [2.45, 2.75) is 57.5 Å². The number of aromatic nitrogens is 4. The molecular weight excluding hydrogens is 358 g/mol. The average molecular weight is 388 g/mol. The SMILES string of the molecule is Cc1cccnc1[C@@H]1CCC[C@H](c2cccc(CCCc3ncccn3)n2)N1C. The van der Waals surface area contributed by atoms with Crippen molar-refractivity contribution < 1.29 is 0 Å². The van der Waals surface area contributed by atoms with Crippen molar-refractivity contribution in [3.05, 3.63) is 83.5 Å². The molecule has 1 aliphatic rings. The Bertz CT molecular complexity index is 927. The summed E-state index contributed by atoms with van der Waals surface area (Å²) in [5.74, 6) is 0.907. The number of likely N-dealkylation sites (tertiary alicyclic amines) is 1. The summed E-state index contributed by atoms with van der Waals surface area (Å²) in [6.07, 6.45) is 11.9. The first-order valence-electron chi connectivity index (χ1n) is 10.6. The number of aryl methyl sites for hydroxylation is 3. The minimum absolute atomic E-state index is 0.340. The molecule has 5 heteroatoms. The van der Waals surface area contributed by atoms with E-state index in [0.29, 0.717) is 12.1 Å². The van der Waals surface area contributed by atoms with E-state index in [1.165, 1.54) is 23.4 Å². The molecule has 3 aromatic rings. The third kappa shape index (κ3) is 4.67. The van der Waals surface area contributed by atoms with Crippen LogP contribution in [0.5, 0.6) is 0 Å². The van der Waals surface area contributed by atoms with Gasteiger partial charge in [0.2, 0.25) is 0 Å². The van der Waals surface area contributed by atoms with E-state index >= 15 is 0 Å². The van der Waals surface area contributed by atoms with E-state index in [4.69, 9.17) is 9.97 Å². The van der Waals surface area contributed by atoms with Crippen LogP contribution in [0.2, 0.25) is 0 Å². The Morgan fingerprint density at radius 2 is 1.69 bits per heavy atom. The predicted molar refractivity (Wildman–Crippen MR) is 114 cm³/mol. The summed E-state index contributed by atoms with van der Waals surface area (Å²) in [4.78, 5) is 20.8. The Balaban J connectivity index is 1.45. The molecule has 0 amide bonds. The fraction of sp³-hybridized carbons (Fsp3) is 0.417. The standard InChI is InChI=1S/C24H29N5/c1-18-8-6-15-27-24(18)22-13-5-12-21(29(22)2)20-11-3-9-19(28-20)10-4-14-23-25-16-7-17-26-23/h3,6-9,11,15-17,21-22H,4-5,10,12-14H2,1-2H3/t21-,22+/m1/s1. The Morgan fingerprint density at radius 3 is 2.52 bits per heavy atom. The molecule has 0 N–H and O–H groups in total. The molecule has 1 fully saturated rings. The van der Waals surface area contributed by atoms with Crippen molar-refractivity contribution in [1.29, 1.82) is 0 Å². The minimum atomic E-state index is 0.340. The topological polar surface area (TPSA) is 54.8 Å². The first kappa shape index (κ1) is 19.6. The molecule has 0 bridgehead atoms. The lowest BCUT2D eigenvalue weighted by Crippen LogP contribution is -2.34. The third-order valence-corrected chi connectivity index (χ3v) is 5.93. The molecule has 150 valence electrons. The Kier molecular flexibility index (Phi) is 6.25. The normalized spacial score (nSPS) is 19.9. The van der Waals surface area contributed by atoms with Gasteiger partial charge in [-0.15, -0.1) is 0 Å². The van der Waals surface area contributed by atoms with Crippen LogP contribution in [-0.2, 0) is 12.8 Å². The molecule has 0 unspecified atom stereocenters. The second-order valence-electron chi connectivity index (χ2n) is 7.91. The summed E-state index contributed by atoms with van der Waals surface area (Å²) in [6.45, 7) is 2.16. The molecule has 29 heavy (non-hydrogen) atoms. The van der Waals surface area contributed by atoms with Gasteiger partial charge in [0.15, 0.2) is 0 Å². The van der Waals surface area contributed by atoms with Crippen molar-refractivity contribution in [1.82, 2.24) is 24.8 Å². The van der Waals surface area contributed by atoms with Crippen LogP contribution in [-0.4, -0.2) is 31.9 Å². The zero-order valence-electron chi connectivity index (χ0n) is 17.3. The van der Waals surface area contributed by atoms with Crippen LogP contribution in [0, 0.1) is 6.92 Å². The number of nitrogens with zero attached hydrogens (tertiary/aromatic N) is 5. The Labute approximate surface area is 173 Å². The number of pyridine rings is 2. The van der Waals surface area contributed by atoms with Crippen LogP contribution < -0.4 is 0 Å². The molecule has 0 aromatic carbocycles. The third-order valence-electron chi connectivity index (χ3n) is 5.93. The highest BCUT2D eigenvalue weighted by molar-refractivity contribution is 5.23. The molecule has 1 aliphatic heterocycles. The molecule has 0 aliphatic carbocycles. The van der Waals surface area contributed by atoms with Gasteiger partial charge in [0.05, 0.1) is 23.5 Å². The minimum Gasteiger partial charge on any atom is -0.289 e. The largest absolute Gasteiger partial charge is 0.289 e. The van der Waals surface area contributed by atoms with E-state index < -0.39 is 0 Å². The Hall–Kier alpha value is -2.66. The van der Waals surface area contributed by atoms with Crippen LogP contribution >= 0.6 is 0 Å². The van der Waals surface area contributed by atoms with E-state index in [9.17, 15) is 0 Å². The van der Waals surface area contributed by atoms with Crippen molar-refractivity contribution in [3.8, 4) is 0 Å². The second kappa shape index (κ2) is 9.23. The molecule has 5 nitrogen and oxygen atoms in total. The van der Waals surface area contributed by atoms with Gasteiger partial charge in [0.25, 0.3) is 0 Å². The molecular formula is C24H29N5. The second-order valence-corrected chi connectivity index (χ2v) is 7.91. The van der Waals surface area contributed by atoms with Crippen LogP contribution in [0.15, 0.2) is 55.0 Å². The lowest BCUT2D eigenvalue weighted by Gasteiger charge is -2.39. The van der Waals surface area contributed by atoms with E-state index in [1.807, 2.05) is 18.3 Å². The lowest BCUT2D eigenvalue weighted by molar-refractivity contribution is 0.109. The van der Waals surface area contributed by atoms with Crippen LogP contribution in [0.25, 0.3) is 0 Å². The molecule has 0 radical (unpaired) electrons. The van der Waals surface area contributed by atoms with Gasteiger partial charge in [0.1, 0.15) is 5.82 Å². The average Bonchev–Trinajstić information content (AvgIpc) is 2.76. The molecule has 4 rings (SSSR count). The summed E-state index contributed by atoms with van der Waals surface area (Å²) >= 11 is 0. The smallest absolute Gasteiger partial charge is 0.128 e. The summed E-state index contributed by atoms with van der Waals surface area (Å²) in [5.41, 5.74) is 4.82. The highest BCUT2D eigenvalue weighted by Gasteiger charge is 2.31. The van der Waals surface area contributed by atoms with Gasteiger partial charge in [-0.2, -0.15) is 0 Å². The number of hydrogen-bond acceptors (Lipinski definition) is 5.